The SMILES string of the molecule is CC(=O)O.COc1ccc(C(=O)N2CCNC(=O)C2CCO)cc1Oc1cccc(OC)c1CN. The largest absolute Gasteiger partial charge is 0.496 e. The van der Waals surface area contributed by atoms with Crippen LogP contribution in [0.25, 0.3) is 0 Å². The Labute approximate surface area is 203 Å². The molecule has 11 nitrogen and oxygen atoms in total. The highest BCUT2D eigenvalue weighted by molar-refractivity contribution is 5.98. The Bertz CT molecular complexity index is 1040. The number of rotatable bonds is 8. The van der Waals surface area contributed by atoms with Gasteiger partial charge in [-0.2, -0.15) is 0 Å². The summed E-state index contributed by atoms with van der Waals surface area (Å²) in [6.07, 6.45) is 0.167. The summed E-state index contributed by atoms with van der Waals surface area (Å²) in [5, 5.41) is 19.4. The van der Waals surface area contributed by atoms with Gasteiger partial charge in [-0.1, -0.05) is 6.07 Å². The number of hydrogen-bond donors (Lipinski definition) is 4. The molecule has 1 heterocycles. The van der Waals surface area contributed by atoms with E-state index in [2.05, 4.69) is 5.32 Å². The minimum atomic E-state index is -0.833. The first-order chi connectivity index (χ1) is 16.8. The number of carboxylic acid groups (broad SMARTS) is 1. The van der Waals surface area contributed by atoms with Gasteiger partial charge in [-0.05, 0) is 36.8 Å². The van der Waals surface area contributed by atoms with Crippen LogP contribution >= 0.6 is 0 Å². The molecule has 0 spiro atoms. The number of nitrogens with two attached hydrogens (primary N) is 1. The molecule has 0 saturated carbocycles. The molecule has 190 valence electrons. The maximum atomic E-state index is 13.2. The van der Waals surface area contributed by atoms with Crippen molar-refractivity contribution in [1.82, 2.24) is 10.2 Å². The van der Waals surface area contributed by atoms with E-state index in [9.17, 15) is 14.7 Å². The van der Waals surface area contributed by atoms with E-state index in [0.29, 0.717) is 47.2 Å². The number of methoxy groups -OCH3 is 2. The first kappa shape index (κ1) is 27.4. The second-order valence-electron chi connectivity index (χ2n) is 7.45. The number of carbonyl (C=O) groups excluding carboxylic acids is 2. The number of hydrogen-bond acceptors (Lipinski definition) is 8. The van der Waals surface area contributed by atoms with E-state index in [0.717, 1.165) is 6.92 Å². The van der Waals surface area contributed by atoms with Crippen LogP contribution in [-0.2, 0) is 16.1 Å². The molecule has 1 aliphatic rings. The normalized spacial score (nSPS) is 14.8. The van der Waals surface area contributed by atoms with E-state index in [1.54, 1.807) is 43.5 Å². The molecule has 1 saturated heterocycles. The molecule has 0 aromatic heterocycles. The van der Waals surface area contributed by atoms with Gasteiger partial charge in [0.25, 0.3) is 11.9 Å². The van der Waals surface area contributed by atoms with Gasteiger partial charge in [-0.15, -0.1) is 0 Å². The van der Waals surface area contributed by atoms with E-state index >= 15 is 0 Å². The molecular weight excluding hydrogens is 458 g/mol. The molecule has 5 N–H and O–H groups in total. The molecular formula is C24H31N3O8. The molecule has 2 aromatic rings. The number of carbonyl (C=O) groups is 3. The zero-order valence-corrected chi connectivity index (χ0v) is 19.9. The Balaban J connectivity index is 0.00000100. The average molecular weight is 490 g/mol. The van der Waals surface area contributed by atoms with Crippen molar-refractivity contribution in [3.05, 3.63) is 47.5 Å². The Morgan fingerprint density at radius 3 is 2.37 bits per heavy atom. The highest BCUT2D eigenvalue weighted by Gasteiger charge is 2.33. The Morgan fingerprint density at radius 2 is 1.77 bits per heavy atom. The Morgan fingerprint density at radius 1 is 1.11 bits per heavy atom. The van der Waals surface area contributed by atoms with E-state index in [-0.39, 0.29) is 31.4 Å². The van der Waals surface area contributed by atoms with Gasteiger partial charge in [-0.25, -0.2) is 0 Å². The van der Waals surface area contributed by atoms with Crippen molar-refractivity contribution in [3.8, 4) is 23.0 Å². The van der Waals surface area contributed by atoms with Crippen LogP contribution in [0.15, 0.2) is 36.4 Å². The van der Waals surface area contributed by atoms with Crippen molar-refractivity contribution in [2.75, 3.05) is 33.9 Å². The van der Waals surface area contributed by atoms with Gasteiger partial charge in [0, 0.05) is 38.7 Å². The molecule has 2 aromatic carbocycles. The van der Waals surface area contributed by atoms with E-state index < -0.39 is 12.0 Å². The molecule has 2 amide bonds. The van der Waals surface area contributed by atoms with Gasteiger partial charge in [0.05, 0.1) is 19.8 Å². The third kappa shape index (κ3) is 7.08. The van der Waals surface area contributed by atoms with Crippen LogP contribution in [0, 0.1) is 0 Å². The minimum Gasteiger partial charge on any atom is -0.496 e. The summed E-state index contributed by atoms with van der Waals surface area (Å²) in [5.41, 5.74) is 6.89. The topological polar surface area (TPSA) is 161 Å². The van der Waals surface area contributed by atoms with Crippen molar-refractivity contribution < 1.29 is 38.8 Å². The van der Waals surface area contributed by atoms with Gasteiger partial charge in [0.2, 0.25) is 5.91 Å². The van der Waals surface area contributed by atoms with Gasteiger partial charge in [0.15, 0.2) is 11.5 Å². The monoisotopic (exact) mass is 489 g/mol. The standard InChI is InChI=1S/C22H27N3O6.C2H4O2/c1-29-17-4-3-5-18(15(17)13-23)31-20-12-14(6-7-19(20)30-2)22(28)25-10-9-24-21(27)16(25)8-11-26;1-2(3)4/h3-7,12,16,26H,8-11,13,23H2,1-2H3,(H,24,27);1H3,(H,3,4). The van der Waals surface area contributed by atoms with E-state index in [1.807, 2.05) is 0 Å². The molecule has 1 fully saturated rings. The maximum absolute atomic E-state index is 13.2. The molecule has 1 aliphatic heterocycles. The zero-order valence-electron chi connectivity index (χ0n) is 19.9. The van der Waals surface area contributed by atoms with Crippen LogP contribution in [0.5, 0.6) is 23.0 Å². The zero-order chi connectivity index (χ0) is 26.0. The summed E-state index contributed by atoms with van der Waals surface area (Å²) < 4.78 is 16.8. The van der Waals surface area contributed by atoms with Crippen LogP contribution in [0.3, 0.4) is 0 Å². The highest BCUT2D eigenvalue weighted by atomic mass is 16.5. The number of amides is 2. The predicted octanol–water partition coefficient (Wildman–Crippen LogP) is 1.37. The quantitative estimate of drug-likeness (QED) is 0.429. The van der Waals surface area contributed by atoms with Crippen LogP contribution in [0.1, 0.15) is 29.3 Å². The molecule has 1 unspecified atom stereocenters. The van der Waals surface area contributed by atoms with Crippen molar-refractivity contribution in [3.63, 3.8) is 0 Å². The fraction of sp³-hybridized carbons (Fsp3) is 0.375. The van der Waals surface area contributed by atoms with E-state index in [1.165, 1.54) is 12.0 Å². The maximum Gasteiger partial charge on any atom is 0.300 e. The second kappa shape index (κ2) is 13.2. The highest BCUT2D eigenvalue weighted by Crippen LogP contribution is 2.37. The lowest BCUT2D eigenvalue weighted by atomic mass is 10.1. The number of nitrogens with zero attached hydrogens (tertiary/aromatic N) is 1. The van der Waals surface area contributed by atoms with E-state index in [4.69, 9.17) is 29.8 Å². The number of ether oxygens (including phenoxy) is 3. The van der Waals surface area contributed by atoms with Crippen molar-refractivity contribution >= 4 is 17.8 Å². The second-order valence-corrected chi connectivity index (χ2v) is 7.45. The molecule has 0 bridgehead atoms. The van der Waals surface area contributed by atoms with Crippen LogP contribution in [0.2, 0.25) is 0 Å². The summed E-state index contributed by atoms with van der Waals surface area (Å²) in [7, 11) is 3.06. The summed E-state index contributed by atoms with van der Waals surface area (Å²) in [6.45, 7) is 1.79. The van der Waals surface area contributed by atoms with Gasteiger partial charge < -0.3 is 40.4 Å². The van der Waals surface area contributed by atoms with Gasteiger partial charge in [0.1, 0.15) is 17.5 Å². The minimum absolute atomic E-state index is 0.167. The first-order valence-corrected chi connectivity index (χ1v) is 10.9. The number of piperazine rings is 1. The van der Waals surface area contributed by atoms with Gasteiger partial charge >= 0.3 is 0 Å². The number of benzene rings is 2. The fourth-order valence-electron chi connectivity index (χ4n) is 3.57. The number of aliphatic hydroxyl groups is 1. The predicted molar refractivity (Wildman–Crippen MR) is 127 cm³/mol. The smallest absolute Gasteiger partial charge is 0.300 e. The van der Waals surface area contributed by atoms with Crippen LogP contribution < -0.4 is 25.3 Å². The molecule has 1 atom stereocenters. The lowest BCUT2D eigenvalue weighted by Gasteiger charge is -2.35. The van der Waals surface area contributed by atoms with Crippen LogP contribution in [-0.4, -0.2) is 72.9 Å². The first-order valence-electron chi connectivity index (χ1n) is 10.9. The molecule has 35 heavy (non-hydrogen) atoms. The summed E-state index contributed by atoms with van der Waals surface area (Å²) in [5.74, 6) is 0.410. The average Bonchev–Trinajstić information content (AvgIpc) is 2.84. The lowest BCUT2D eigenvalue weighted by molar-refractivity contribution is -0.134. The van der Waals surface area contributed by atoms with Crippen LogP contribution in [0.4, 0.5) is 0 Å². The third-order valence-electron chi connectivity index (χ3n) is 5.14. The summed E-state index contributed by atoms with van der Waals surface area (Å²) in [6, 6.07) is 9.42. The van der Waals surface area contributed by atoms with Crippen molar-refractivity contribution in [2.45, 2.75) is 25.9 Å². The number of nitrogens with one attached hydrogen (secondary N) is 1. The van der Waals surface area contributed by atoms with Gasteiger partial charge in [-0.3, -0.25) is 14.4 Å². The summed E-state index contributed by atoms with van der Waals surface area (Å²) >= 11 is 0. The fourth-order valence-corrected chi connectivity index (χ4v) is 3.57. The summed E-state index contributed by atoms with van der Waals surface area (Å²) in [4.78, 5) is 35.8. The number of aliphatic carboxylic acids is 1. The Hall–Kier alpha value is -3.83. The molecule has 11 heteroatoms. The number of carboxylic acids is 1. The van der Waals surface area contributed by atoms with Crippen molar-refractivity contribution in [2.24, 2.45) is 5.73 Å². The lowest BCUT2D eigenvalue weighted by Crippen LogP contribution is -2.57. The Kier molecular flexibility index (Phi) is 10.3. The molecule has 0 radical (unpaired) electrons. The third-order valence-corrected chi connectivity index (χ3v) is 5.14. The molecule has 3 rings (SSSR count). The van der Waals surface area contributed by atoms with Crippen molar-refractivity contribution in [1.29, 1.82) is 0 Å². The number of aliphatic hydroxyl groups excluding tert-OH is 1. The molecule has 0 aliphatic carbocycles.